The second-order valence-electron chi connectivity index (χ2n) is 4.51. The van der Waals surface area contributed by atoms with Crippen molar-refractivity contribution in [2.75, 3.05) is 11.9 Å². The molecule has 0 aliphatic carbocycles. The van der Waals surface area contributed by atoms with Crippen molar-refractivity contribution in [3.63, 3.8) is 0 Å². The van der Waals surface area contributed by atoms with Gasteiger partial charge in [0.1, 0.15) is 0 Å². The van der Waals surface area contributed by atoms with E-state index in [0.29, 0.717) is 12.1 Å². The molecule has 2 nitrogen and oxygen atoms in total. The summed E-state index contributed by atoms with van der Waals surface area (Å²) in [5.41, 5.74) is 2.52. The first-order chi connectivity index (χ1) is 7.65. The molecular formula is C13H18BrNO. The first-order valence-corrected chi connectivity index (χ1v) is 6.59. The number of aryl methyl sites for hydroxylation is 1. The maximum atomic E-state index is 5.55. The summed E-state index contributed by atoms with van der Waals surface area (Å²) in [7, 11) is 0. The number of rotatable bonds is 2. The summed E-state index contributed by atoms with van der Waals surface area (Å²) in [6.45, 7) is 5.14. The monoisotopic (exact) mass is 283 g/mol. The van der Waals surface area contributed by atoms with E-state index in [1.54, 1.807) is 0 Å². The smallest absolute Gasteiger partial charge is 0.0566 e. The zero-order valence-electron chi connectivity index (χ0n) is 9.79. The first-order valence-electron chi connectivity index (χ1n) is 5.79. The topological polar surface area (TPSA) is 21.3 Å². The minimum Gasteiger partial charge on any atom is -0.382 e. The predicted octanol–water partition coefficient (Wildman–Crippen LogP) is 3.74. The van der Waals surface area contributed by atoms with Crippen LogP contribution in [0.2, 0.25) is 0 Å². The van der Waals surface area contributed by atoms with Gasteiger partial charge in [-0.15, -0.1) is 0 Å². The van der Waals surface area contributed by atoms with Crippen LogP contribution in [-0.4, -0.2) is 18.8 Å². The van der Waals surface area contributed by atoms with Crippen molar-refractivity contribution in [2.24, 2.45) is 0 Å². The quantitative estimate of drug-likeness (QED) is 0.893. The van der Waals surface area contributed by atoms with Crippen LogP contribution in [0.5, 0.6) is 0 Å². The van der Waals surface area contributed by atoms with E-state index in [0.717, 1.165) is 23.9 Å². The van der Waals surface area contributed by atoms with Gasteiger partial charge in [0.2, 0.25) is 0 Å². The van der Waals surface area contributed by atoms with Gasteiger partial charge in [-0.3, -0.25) is 0 Å². The van der Waals surface area contributed by atoms with Gasteiger partial charge in [0, 0.05) is 22.8 Å². The van der Waals surface area contributed by atoms with Crippen LogP contribution < -0.4 is 5.32 Å². The summed E-state index contributed by atoms with van der Waals surface area (Å²) in [5, 5.41) is 3.61. The molecular weight excluding hydrogens is 266 g/mol. The summed E-state index contributed by atoms with van der Waals surface area (Å²) in [5.74, 6) is 0. The summed E-state index contributed by atoms with van der Waals surface area (Å²) in [6.07, 6.45) is 2.56. The fourth-order valence-corrected chi connectivity index (χ4v) is 2.46. The molecule has 16 heavy (non-hydrogen) atoms. The Labute approximate surface area is 106 Å². The van der Waals surface area contributed by atoms with Crippen LogP contribution in [0.25, 0.3) is 0 Å². The highest BCUT2D eigenvalue weighted by molar-refractivity contribution is 9.10. The average Bonchev–Trinajstić information content (AvgIpc) is 2.24. The SMILES string of the molecule is Cc1ccc(Br)cc1NC1CCOC(C)C1. The molecule has 1 aliphatic heterocycles. The lowest BCUT2D eigenvalue weighted by Gasteiger charge is -2.29. The van der Waals surface area contributed by atoms with Crippen molar-refractivity contribution in [1.82, 2.24) is 0 Å². The third kappa shape index (κ3) is 2.98. The second kappa shape index (κ2) is 5.19. The molecule has 0 bridgehead atoms. The maximum Gasteiger partial charge on any atom is 0.0566 e. The van der Waals surface area contributed by atoms with E-state index in [1.165, 1.54) is 11.3 Å². The van der Waals surface area contributed by atoms with E-state index >= 15 is 0 Å². The minimum absolute atomic E-state index is 0.374. The van der Waals surface area contributed by atoms with Gasteiger partial charge in [-0.1, -0.05) is 22.0 Å². The van der Waals surface area contributed by atoms with E-state index in [4.69, 9.17) is 4.74 Å². The van der Waals surface area contributed by atoms with Gasteiger partial charge in [0.15, 0.2) is 0 Å². The molecule has 0 amide bonds. The van der Waals surface area contributed by atoms with Crippen molar-refractivity contribution in [2.45, 2.75) is 38.8 Å². The van der Waals surface area contributed by atoms with Gasteiger partial charge < -0.3 is 10.1 Å². The summed E-state index contributed by atoms with van der Waals surface area (Å²) < 4.78 is 6.68. The fourth-order valence-electron chi connectivity index (χ4n) is 2.10. The van der Waals surface area contributed by atoms with E-state index in [1.807, 2.05) is 0 Å². The Morgan fingerprint density at radius 2 is 2.25 bits per heavy atom. The van der Waals surface area contributed by atoms with Gasteiger partial charge in [-0.2, -0.15) is 0 Å². The molecule has 2 rings (SSSR count). The molecule has 0 saturated carbocycles. The van der Waals surface area contributed by atoms with Crippen molar-refractivity contribution < 1.29 is 4.74 Å². The zero-order valence-corrected chi connectivity index (χ0v) is 11.4. The molecule has 88 valence electrons. The van der Waals surface area contributed by atoms with Crippen molar-refractivity contribution >= 4 is 21.6 Å². The summed E-state index contributed by atoms with van der Waals surface area (Å²) in [4.78, 5) is 0. The Hall–Kier alpha value is -0.540. The molecule has 1 N–H and O–H groups in total. The Balaban J connectivity index is 2.05. The van der Waals surface area contributed by atoms with Crippen LogP contribution in [0.4, 0.5) is 5.69 Å². The number of hydrogen-bond acceptors (Lipinski definition) is 2. The van der Waals surface area contributed by atoms with Crippen molar-refractivity contribution in [1.29, 1.82) is 0 Å². The maximum absolute atomic E-state index is 5.55. The number of ether oxygens (including phenoxy) is 1. The lowest BCUT2D eigenvalue weighted by molar-refractivity contribution is 0.0232. The molecule has 2 atom stereocenters. The normalized spacial score (nSPS) is 25.4. The number of anilines is 1. The molecule has 1 aromatic rings. The highest BCUT2D eigenvalue weighted by atomic mass is 79.9. The van der Waals surface area contributed by atoms with Gasteiger partial charge >= 0.3 is 0 Å². The molecule has 1 aliphatic rings. The van der Waals surface area contributed by atoms with E-state index in [9.17, 15) is 0 Å². The van der Waals surface area contributed by atoms with Crippen LogP contribution >= 0.6 is 15.9 Å². The van der Waals surface area contributed by atoms with Crippen molar-refractivity contribution in [3.8, 4) is 0 Å². The number of benzene rings is 1. The van der Waals surface area contributed by atoms with Gasteiger partial charge in [-0.05, 0) is 44.4 Å². The van der Waals surface area contributed by atoms with Gasteiger partial charge in [0.25, 0.3) is 0 Å². The van der Waals surface area contributed by atoms with E-state index in [2.05, 4.69) is 53.3 Å². The predicted molar refractivity (Wildman–Crippen MR) is 70.9 cm³/mol. The molecule has 1 saturated heterocycles. The Bertz CT molecular complexity index is 367. The van der Waals surface area contributed by atoms with Crippen LogP contribution in [0.1, 0.15) is 25.3 Å². The Morgan fingerprint density at radius 1 is 1.44 bits per heavy atom. The average molecular weight is 284 g/mol. The van der Waals surface area contributed by atoms with Crippen LogP contribution in [0.3, 0.4) is 0 Å². The Morgan fingerprint density at radius 3 is 3.00 bits per heavy atom. The van der Waals surface area contributed by atoms with Crippen LogP contribution in [-0.2, 0) is 4.74 Å². The standard InChI is InChI=1S/C13H18BrNO/c1-9-3-4-11(14)8-13(9)15-12-5-6-16-10(2)7-12/h3-4,8,10,12,15H,5-7H2,1-2H3. The molecule has 1 heterocycles. The number of halogens is 1. The minimum atomic E-state index is 0.374. The van der Waals surface area contributed by atoms with Crippen LogP contribution in [0, 0.1) is 6.92 Å². The fraction of sp³-hybridized carbons (Fsp3) is 0.538. The number of nitrogens with one attached hydrogen (secondary N) is 1. The lowest BCUT2D eigenvalue weighted by Crippen LogP contribution is -2.32. The highest BCUT2D eigenvalue weighted by Gasteiger charge is 2.19. The van der Waals surface area contributed by atoms with E-state index in [-0.39, 0.29) is 0 Å². The third-order valence-electron chi connectivity index (χ3n) is 3.04. The molecule has 0 aromatic heterocycles. The molecule has 2 unspecified atom stereocenters. The summed E-state index contributed by atoms with van der Waals surface area (Å²) >= 11 is 3.51. The van der Waals surface area contributed by atoms with Gasteiger partial charge in [-0.25, -0.2) is 0 Å². The largest absolute Gasteiger partial charge is 0.382 e. The molecule has 1 aromatic carbocycles. The molecule has 0 spiro atoms. The highest BCUT2D eigenvalue weighted by Crippen LogP contribution is 2.24. The van der Waals surface area contributed by atoms with E-state index < -0.39 is 0 Å². The second-order valence-corrected chi connectivity index (χ2v) is 5.42. The summed E-state index contributed by atoms with van der Waals surface area (Å²) in [6, 6.07) is 6.90. The Kier molecular flexibility index (Phi) is 3.87. The molecule has 3 heteroatoms. The third-order valence-corrected chi connectivity index (χ3v) is 3.54. The zero-order chi connectivity index (χ0) is 11.5. The molecule has 0 radical (unpaired) electrons. The van der Waals surface area contributed by atoms with Crippen LogP contribution in [0.15, 0.2) is 22.7 Å². The lowest BCUT2D eigenvalue weighted by atomic mass is 10.0. The first kappa shape index (κ1) is 11.9. The van der Waals surface area contributed by atoms with Crippen molar-refractivity contribution in [3.05, 3.63) is 28.2 Å². The number of hydrogen-bond donors (Lipinski definition) is 1. The molecule has 1 fully saturated rings. The van der Waals surface area contributed by atoms with Gasteiger partial charge in [0.05, 0.1) is 6.10 Å².